The van der Waals surface area contributed by atoms with Crippen molar-refractivity contribution in [3.05, 3.63) is 88.0 Å². The molecule has 4 rings (SSSR count). The number of hydrogen-bond acceptors (Lipinski definition) is 2. The second-order valence-corrected chi connectivity index (χ2v) is 7.93. The van der Waals surface area contributed by atoms with Gasteiger partial charge in [0.25, 0.3) is 5.69 Å². The van der Waals surface area contributed by atoms with E-state index in [9.17, 15) is 10.1 Å². The lowest BCUT2D eigenvalue weighted by Gasteiger charge is -2.19. The molecular weight excluding hydrogens is 334 g/mol. The second-order valence-electron chi connectivity index (χ2n) is 7.93. The van der Waals surface area contributed by atoms with Gasteiger partial charge in [0.1, 0.15) is 0 Å². The second kappa shape index (κ2) is 7.51. The topological polar surface area (TPSA) is 43.1 Å². The summed E-state index contributed by atoms with van der Waals surface area (Å²) in [5, 5.41) is 13.5. The Bertz CT molecular complexity index is 943. The molecule has 0 aromatic heterocycles. The minimum absolute atomic E-state index is 0.179. The molecule has 3 nitrogen and oxygen atoms in total. The van der Waals surface area contributed by atoms with E-state index in [1.807, 2.05) is 12.1 Å². The lowest BCUT2D eigenvalue weighted by Crippen LogP contribution is -2.03. The molecule has 0 saturated heterocycles. The number of hydrogen-bond donors (Lipinski definition) is 0. The van der Waals surface area contributed by atoms with Crippen molar-refractivity contribution in [2.75, 3.05) is 0 Å². The van der Waals surface area contributed by atoms with E-state index in [-0.39, 0.29) is 10.6 Å². The first-order valence-corrected chi connectivity index (χ1v) is 9.84. The largest absolute Gasteiger partial charge is 0.269 e. The van der Waals surface area contributed by atoms with Crippen molar-refractivity contribution in [3.63, 3.8) is 0 Å². The average Bonchev–Trinajstić information content (AvgIpc) is 3.16. The molecule has 1 fully saturated rings. The Morgan fingerprint density at radius 3 is 2.52 bits per heavy atom. The molecule has 3 heteroatoms. The Hall–Kier alpha value is -2.68. The normalized spacial score (nSPS) is 20.6. The third-order valence-electron chi connectivity index (χ3n) is 6.16. The number of fused-ring (bicyclic) bond motifs is 1. The molecule has 1 saturated carbocycles. The Balaban J connectivity index is 1.44. The smallest absolute Gasteiger partial charge is 0.258 e. The van der Waals surface area contributed by atoms with Crippen LogP contribution in [0, 0.1) is 16.0 Å². The lowest BCUT2D eigenvalue weighted by atomic mass is 9.86. The Morgan fingerprint density at radius 1 is 1.00 bits per heavy atom. The molecule has 0 unspecified atom stereocenters. The van der Waals surface area contributed by atoms with Crippen molar-refractivity contribution in [1.29, 1.82) is 0 Å². The summed E-state index contributed by atoms with van der Waals surface area (Å²) in [6, 6.07) is 22.4. The van der Waals surface area contributed by atoms with Crippen LogP contribution in [0.15, 0.2) is 66.7 Å². The van der Waals surface area contributed by atoms with Crippen molar-refractivity contribution in [2.24, 2.45) is 5.92 Å². The third kappa shape index (κ3) is 3.73. The van der Waals surface area contributed by atoms with Crippen LogP contribution < -0.4 is 0 Å². The first-order chi connectivity index (χ1) is 13.1. The Morgan fingerprint density at radius 2 is 1.74 bits per heavy atom. The van der Waals surface area contributed by atoms with Crippen LogP contribution in [-0.2, 0) is 0 Å². The Kier molecular flexibility index (Phi) is 4.93. The van der Waals surface area contributed by atoms with Gasteiger partial charge in [-0.15, -0.1) is 0 Å². The molecule has 0 amide bonds. The summed E-state index contributed by atoms with van der Waals surface area (Å²) in [6.07, 6.45) is 4.83. The van der Waals surface area contributed by atoms with Crippen LogP contribution in [0.3, 0.4) is 0 Å². The van der Waals surface area contributed by atoms with Gasteiger partial charge in [-0.05, 0) is 65.3 Å². The number of non-ortho nitro benzene ring substituents is 1. The molecular formula is C24H25NO2. The van der Waals surface area contributed by atoms with Crippen molar-refractivity contribution in [3.8, 4) is 0 Å². The van der Waals surface area contributed by atoms with Crippen LogP contribution in [0.1, 0.15) is 55.6 Å². The van der Waals surface area contributed by atoms with Crippen LogP contribution in [0.4, 0.5) is 5.69 Å². The molecule has 3 aromatic carbocycles. The van der Waals surface area contributed by atoms with Crippen molar-refractivity contribution < 1.29 is 4.92 Å². The number of nitro benzene ring substituents is 1. The van der Waals surface area contributed by atoms with Crippen LogP contribution in [0.25, 0.3) is 10.8 Å². The number of nitro groups is 1. The lowest BCUT2D eigenvalue weighted by molar-refractivity contribution is -0.384. The van der Waals surface area contributed by atoms with Gasteiger partial charge in [0.2, 0.25) is 0 Å². The maximum atomic E-state index is 10.8. The van der Waals surface area contributed by atoms with E-state index in [1.54, 1.807) is 12.1 Å². The highest BCUT2D eigenvalue weighted by Crippen LogP contribution is 2.43. The molecule has 3 atom stereocenters. The standard InChI is InChI=1S/C24H25NO2/c1-17(23-8-4-6-20-5-2-3-7-24(20)23)15-18-9-10-21(16-18)19-11-13-22(14-12-19)25(26)27/h2-8,11-14,17-18,21H,9-10,15-16H2,1H3/t17-,18+,21+/m0/s1. The molecule has 0 spiro atoms. The summed E-state index contributed by atoms with van der Waals surface area (Å²) < 4.78 is 0. The zero-order valence-corrected chi connectivity index (χ0v) is 15.7. The SMILES string of the molecule is C[C@@H](C[C@H]1CC[C@@H](c2ccc([N+](=O)[O-])cc2)C1)c1cccc2ccccc12. The quantitative estimate of drug-likeness (QED) is 0.370. The first kappa shape index (κ1) is 17.7. The van der Waals surface area contributed by atoms with E-state index >= 15 is 0 Å². The van der Waals surface area contributed by atoms with Crippen LogP contribution in [0.5, 0.6) is 0 Å². The summed E-state index contributed by atoms with van der Waals surface area (Å²) >= 11 is 0. The van der Waals surface area contributed by atoms with Gasteiger partial charge in [-0.2, -0.15) is 0 Å². The van der Waals surface area contributed by atoms with Gasteiger partial charge in [0, 0.05) is 12.1 Å². The predicted octanol–water partition coefficient (Wildman–Crippen LogP) is 6.83. The van der Waals surface area contributed by atoms with Crippen molar-refractivity contribution >= 4 is 16.5 Å². The number of rotatable bonds is 5. The number of nitrogens with zero attached hydrogens (tertiary/aromatic N) is 1. The maximum Gasteiger partial charge on any atom is 0.269 e. The van der Waals surface area contributed by atoms with Crippen molar-refractivity contribution in [2.45, 2.75) is 44.4 Å². The summed E-state index contributed by atoms with van der Waals surface area (Å²) in [4.78, 5) is 10.5. The van der Waals surface area contributed by atoms with Gasteiger partial charge in [-0.3, -0.25) is 10.1 Å². The molecule has 0 bridgehead atoms. The summed E-state index contributed by atoms with van der Waals surface area (Å²) in [7, 11) is 0. The van der Waals surface area contributed by atoms with E-state index in [0.717, 1.165) is 5.92 Å². The first-order valence-electron chi connectivity index (χ1n) is 9.84. The molecule has 27 heavy (non-hydrogen) atoms. The molecule has 1 aliphatic rings. The minimum atomic E-state index is -0.326. The molecule has 0 heterocycles. The molecule has 138 valence electrons. The summed E-state index contributed by atoms with van der Waals surface area (Å²) in [5.74, 6) is 1.80. The zero-order chi connectivity index (χ0) is 18.8. The average molecular weight is 359 g/mol. The fourth-order valence-electron chi connectivity index (χ4n) is 4.77. The fourth-order valence-corrected chi connectivity index (χ4v) is 4.77. The zero-order valence-electron chi connectivity index (χ0n) is 15.7. The maximum absolute atomic E-state index is 10.8. The summed E-state index contributed by atoms with van der Waals surface area (Å²) in [5.41, 5.74) is 2.88. The Labute approximate surface area is 160 Å². The monoisotopic (exact) mass is 359 g/mol. The minimum Gasteiger partial charge on any atom is -0.258 e. The highest BCUT2D eigenvalue weighted by molar-refractivity contribution is 5.86. The van der Waals surface area contributed by atoms with E-state index in [0.29, 0.717) is 11.8 Å². The van der Waals surface area contributed by atoms with E-state index in [4.69, 9.17) is 0 Å². The van der Waals surface area contributed by atoms with E-state index in [2.05, 4.69) is 49.4 Å². The summed E-state index contributed by atoms with van der Waals surface area (Å²) in [6.45, 7) is 2.35. The van der Waals surface area contributed by atoms with Gasteiger partial charge < -0.3 is 0 Å². The fraction of sp³-hybridized carbons (Fsp3) is 0.333. The van der Waals surface area contributed by atoms with Gasteiger partial charge in [-0.25, -0.2) is 0 Å². The molecule has 0 radical (unpaired) electrons. The van der Waals surface area contributed by atoms with Gasteiger partial charge in [0.15, 0.2) is 0 Å². The number of benzene rings is 3. The molecule has 0 N–H and O–H groups in total. The van der Waals surface area contributed by atoms with Gasteiger partial charge in [-0.1, -0.05) is 61.5 Å². The van der Waals surface area contributed by atoms with Crippen LogP contribution >= 0.6 is 0 Å². The highest BCUT2D eigenvalue weighted by Gasteiger charge is 2.28. The van der Waals surface area contributed by atoms with E-state index < -0.39 is 0 Å². The third-order valence-corrected chi connectivity index (χ3v) is 6.16. The van der Waals surface area contributed by atoms with E-state index in [1.165, 1.54) is 47.6 Å². The molecule has 3 aromatic rings. The van der Waals surface area contributed by atoms with Gasteiger partial charge >= 0.3 is 0 Å². The molecule has 1 aliphatic carbocycles. The molecule has 0 aliphatic heterocycles. The van der Waals surface area contributed by atoms with Crippen LogP contribution in [0.2, 0.25) is 0 Å². The predicted molar refractivity (Wildman–Crippen MR) is 110 cm³/mol. The highest BCUT2D eigenvalue weighted by atomic mass is 16.6. The van der Waals surface area contributed by atoms with Crippen molar-refractivity contribution in [1.82, 2.24) is 0 Å². The van der Waals surface area contributed by atoms with Gasteiger partial charge in [0.05, 0.1) is 4.92 Å². The van der Waals surface area contributed by atoms with Crippen LogP contribution in [-0.4, -0.2) is 4.92 Å².